The van der Waals surface area contributed by atoms with Crippen LogP contribution in [0.1, 0.15) is 63.9 Å². The highest BCUT2D eigenvalue weighted by molar-refractivity contribution is 6.03. The molecule has 10 heteroatoms. The molecule has 4 heterocycles. The molecule has 1 fully saturated rings. The van der Waals surface area contributed by atoms with Crippen LogP contribution in [0.25, 0.3) is 27.9 Å². The SMILES string of the molecule is CC(C)n1cc(-c2cc(N(C)C(=O)OC(C)(C)C)n3ncc(C(=O)C[C@@H]4C[C@@H]4F)c3n2)c2cccnc21. The number of ether oxygens (including phenoxy) is 1. The number of nitrogens with zero attached hydrogens (tertiary/aromatic N) is 6. The molecule has 0 spiro atoms. The zero-order valence-corrected chi connectivity index (χ0v) is 21.9. The summed E-state index contributed by atoms with van der Waals surface area (Å²) in [5, 5.41) is 5.28. The van der Waals surface area contributed by atoms with E-state index in [1.54, 1.807) is 40.1 Å². The summed E-state index contributed by atoms with van der Waals surface area (Å²) in [5.74, 6) is -0.0935. The predicted octanol–water partition coefficient (Wildman–Crippen LogP) is 5.63. The summed E-state index contributed by atoms with van der Waals surface area (Å²) in [5.41, 5.74) is 2.07. The number of anilines is 1. The summed E-state index contributed by atoms with van der Waals surface area (Å²) in [6, 6.07) is 5.73. The molecule has 4 aromatic heterocycles. The van der Waals surface area contributed by atoms with Crippen LogP contribution in [0.4, 0.5) is 15.0 Å². The van der Waals surface area contributed by atoms with Crippen molar-refractivity contribution in [2.24, 2.45) is 5.92 Å². The molecule has 1 saturated carbocycles. The summed E-state index contributed by atoms with van der Waals surface area (Å²) in [4.78, 5) is 36.9. The molecule has 0 saturated heterocycles. The Morgan fingerprint density at radius 2 is 2.00 bits per heavy atom. The Morgan fingerprint density at radius 1 is 1.27 bits per heavy atom. The van der Waals surface area contributed by atoms with Gasteiger partial charge in [0.15, 0.2) is 11.4 Å². The van der Waals surface area contributed by atoms with Crippen molar-refractivity contribution in [3.63, 3.8) is 0 Å². The van der Waals surface area contributed by atoms with E-state index >= 15 is 0 Å². The van der Waals surface area contributed by atoms with Crippen molar-refractivity contribution in [1.82, 2.24) is 24.1 Å². The Bertz CT molecular complexity index is 1520. The lowest BCUT2D eigenvalue weighted by Crippen LogP contribution is -2.35. The number of halogens is 1. The summed E-state index contributed by atoms with van der Waals surface area (Å²) in [7, 11) is 1.59. The highest BCUT2D eigenvalue weighted by Crippen LogP contribution is 2.38. The summed E-state index contributed by atoms with van der Waals surface area (Å²) >= 11 is 0. The van der Waals surface area contributed by atoms with Crippen LogP contribution in [0, 0.1) is 5.92 Å². The first-order valence-corrected chi connectivity index (χ1v) is 12.4. The molecule has 194 valence electrons. The van der Waals surface area contributed by atoms with E-state index in [0.29, 0.717) is 29.1 Å². The Hall–Kier alpha value is -3.82. The van der Waals surface area contributed by atoms with E-state index in [0.717, 1.165) is 16.6 Å². The van der Waals surface area contributed by atoms with E-state index < -0.39 is 17.9 Å². The second kappa shape index (κ2) is 8.93. The van der Waals surface area contributed by atoms with Crippen molar-refractivity contribution in [2.45, 2.75) is 65.3 Å². The van der Waals surface area contributed by atoms with Gasteiger partial charge in [-0.3, -0.25) is 9.69 Å². The molecule has 9 nitrogen and oxygen atoms in total. The fourth-order valence-corrected chi connectivity index (χ4v) is 4.39. The largest absolute Gasteiger partial charge is 0.443 e. The van der Waals surface area contributed by atoms with Crippen molar-refractivity contribution in [3.05, 3.63) is 42.4 Å². The lowest BCUT2D eigenvalue weighted by atomic mass is 10.1. The van der Waals surface area contributed by atoms with Crippen LogP contribution in [0.5, 0.6) is 0 Å². The second-order valence-corrected chi connectivity index (χ2v) is 10.9. The van der Waals surface area contributed by atoms with Gasteiger partial charge in [0.2, 0.25) is 0 Å². The molecule has 0 aliphatic heterocycles. The zero-order chi connectivity index (χ0) is 26.6. The number of carbonyl (C=O) groups is 2. The molecule has 1 aliphatic carbocycles. The number of Topliss-reactive ketones (excluding diaryl/α,β-unsaturated/α-hetero) is 1. The van der Waals surface area contributed by atoms with Crippen LogP contribution in [0.2, 0.25) is 0 Å². The van der Waals surface area contributed by atoms with Gasteiger partial charge in [0.05, 0.1) is 17.5 Å². The average molecular weight is 507 g/mol. The molecular formula is C27H31FN6O3. The van der Waals surface area contributed by atoms with Gasteiger partial charge in [-0.15, -0.1) is 0 Å². The molecule has 2 atom stereocenters. The van der Waals surface area contributed by atoms with Gasteiger partial charge in [-0.05, 0) is 53.2 Å². The highest BCUT2D eigenvalue weighted by atomic mass is 19.1. The Kier molecular flexibility index (Phi) is 6.00. The van der Waals surface area contributed by atoms with Crippen molar-refractivity contribution in [1.29, 1.82) is 0 Å². The number of rotatable bonds is 6. The minimum absolute atomic E-state index is 0.0994. The van der Waals surface area contributed by atoms with E-state index in [4.69, 9.17) is 9.72 Å². The average Bonchev–Trinajstić information content (AvgIpc) is 3.22. The number of carbonyl (C=O) groups excluding carboxylic acids is 2. The van der Waals surface area contributed by atoms with Gasteiger partial charge in [0.25, 0.3) is 0 Å². The quantitative estimate of drug-likeness (QED) is 0.315. The van der Waals surface area contributed by atoms with E-state index in [-0.39, 0.29) is 24.2 Å². The number of amides is 1. The lowest BCUT2D eigenvalue weighted by molar-refractivity contribution is 0.0587. The summed E-state index contributed by atoms with van der Waals surface area (Å²) in [6.07, 6.45) is 4.16. The normalized spacial score (nSPS) is 17.5. The topological polar surface area (TPSA) is 94.6 Å². The Labute approximate surface area is 214 Å². The van der Waals surface area contributed by atoms with Crippen LogP contribution in [-0.4, -0.2) is 54.8 Å². The first-order chi connectivity index (χ1) is 17.4. The lowest BCUT2D eigenvalue weighted by Gasteiger charge is -2.25. The van der Waals surface area contributed by atoms with Crippen molar-refractivity contribution in [3.8, 4) is 11.3 Å². The third-order valence-corrected chi connectivity index (χ3v) is 6.47. The van der Waals surface area contributed by atoms with Crippen molar-refractivity contribution in [2.75, 3.05) is 11.9 Å². The summed E-state index contributed by atoms with van der Waals surface area (Å²) in [6.45, 7) is 9.52. The molecule has 0 unspecified atom stereocenters. The van der Waals surface area contributed by atoms with Gasteiger partial charge in [-0.2, -0.15) is 9.61 Å². The minimum Gasteiger partial charge on any atom is -0.443 e. The van der Waals surface area contributed by atoms with Crippen molar-refractivity contribution >= 4 is 34.4 Å². The number of hydrogen-bond donors (Lipinski definition) is 0. The van der Waals surface area contributed by atoms with Gasteiger partial charge < -0.3 is 9.30 Å². The third kappa shape index (κ3) is 4.68. The molecule has 4 aromatic rings. The maximum Gasteiger partial charge on any atom is 0.415 e. The van der Waals surface area contributed by atoms with Gasteiger partial charge in [-0.1, -0.05) is 0 Å². The molecular weight excluding hydrogens is 475 g/mol. The predicted molar refractivity (Wildman–Crippen MR) is 139 cm³/mol. The second-order valence-electron chi connectivity index (χ2n) is 10.9. The number of pyridine rings is 1. The van der Waals surface area contributed by atoms with E-state index in [1.165, 1.54) is 15.6 Å². The van der Waals surface area contributed by atoms with Crippen LogP contribution < -0.4 is 4.90 Å². The molecule has 5 rings (SSSR count). The zero-order valence-electron chi connectivity index (χ0n) is 21.9. The smallest absolute Gasteiger partial charge is 0.415 e. The highest BCUT2D eigenvalue weighted by Gasteiger charge is 2.39. The van der Waals surface area contributed by atoms with Gasteiger partial charge in [0, 0.05) is 54.8 Å². The van der Waals surface area contributed by atoms with Gasteiger partial charge in [0.1, 0.15) is 23.2 Å². The van der Waals surface area contributed by atoms with E-state index in [1.807, 2.05) is 18.3 Å². The monoisotopic (exact) mass is 506 g/mol. The third-order valence-electron chi connectivity index (χ3n) is 6.47. The number of ketones is 1. The fraction of sp³-hybridized carbons (Fsp3) is 0.444. The molecule has 1 amide bonds. The number of aromatic nitrogens is 5. The van der Waals surface area contributed by atoms with Crippen LogP contribution >= 0.6 is 0 Å². The van der Waals surface area contributed by atoms with Gasteiger partial charge >= 0.3 is 6.09 Å². The van der Waals surface area contributed by atoms with Crippen LogP contribution in [0.3, 0.4) is 0 Å². The maximum absolute atomic E-state index is 13.5. The summed E-state index contributed by atoms with van der Waals surface area (Å²) < 4.78 is 22.6. The standard InChI is InChI=1S/C27H31FN6O3/c1-15(2)33-14-19(17-8-7-9-29-24(17)33)21-12-23(32(6)26(36)37-27(3,4)5)34-25(31-21)18(13-30-34)22(35)11-16-10-20(16)28/h7-9,12-16,20H,10-11H2,1-6H3/t16-,20-/m0/s1. The first-order valence-electron chi connectivity index (χ1n) is 12.4. The molecule has 0 aromatic carbocycles. The fourth-order valence-electron chi connectivity index (χ4n) is 4.39. The van der Waals surface area contributed by atoms with Crippen LogP contribution in [-0.2, 0) is 4.74 Å². The Balaban J connectivity index is 1.69. The van der Waals surface area contributed by atoms with E-state index in [9.17, 15) is 14.0 Å². The maximum atomic E-state index is 13.5. The van der Waals surface area contributed by atoms with Crippen LogP contribution in [0.15, 0.2) is 36.8 Å². The molecule has 0 bridgehead atoms. The minimum atomic E-state index is -0.933. The van der Waals surface area contributed by atoms with Gasteiger partial charge in [-0.25, -0.2) is 19.2 Å². The first kappa shape index (κ1) is 24.9. The molecule has 1 aliphatic rings. The number of hydrogen-bond acceptors (Lipinski definition) is 6. The van der Waals surface area contributed by atoms with Crippen molar-refractivity contribution < 1.29 is 18.7 Å². The molecule has 0 radical (unpaired) electrons. The number of alkyl halides is 1. The van der Waals surface area contributed by atoms with E-state index in [2.05, 4.69) is 28.5 Å². The number of fused-ring (bicyclic) bond motifs is 2. The molecule has 37 heavy (non-hydrogen) atoms. The molecule has 0 N–H and O–H groups in total. The Morgan fingerprint density at radius 3 is 2.65 bits per heavy atom.